The average molecular weight is 390 g/mol. The van der Waals surface area contributed by atoms with Gasteiger partial charge in [0.2, 0.25) is 5.75 Å². The molecular weight excluding hydrogens is 364 g/mol. The summed E-state index contributed by atoms with van der Waals surface area (Å²) in [5.74, 6) is 2.85. The molecule has 2 N–H and O–H groups in total. The number of nitrogens with one attached hydrogen (secondary N) is 2. The van der Waals surface area contributed by atoms with Crippen LogP contribution >= 0.6 is 0 Å². The van der Waals surface area contributed by atoms with Gasteiger partial charge in [-0.05, 0) is 29.8 Å². The summed E-state index contributed by atoms with van der Waals surface area (Å²) in [5.41, 5.74) is 0.815. The minimum Gasteiger partial charge on any atom is -0.493 e. The van der Waals surface area contributed by atoms with Crippen molar-refractivity contribution in [2.24, 2.45) is 0 Å². The van der Waals surface area contributed by atoms with Crippen molar-refractivity contribution in [3.63, 3.8) is 0 Å². The molecule has 0 saturated carbocycles. The van der Waals surface area contributed by atoms with Crippen LogP contribution in [0.2, 0.25) is 0 Å². The second kappa shape index (κ2) is 10.8. The van der Waals surface area contributed by atoms with E-state index in [0.717, 1.165) is 5.56 Å². The van der Waals surface area contributed by atoms with Gasteiger partial charge in [-0.3, -0.25) is 0 Å². The maximum atomic E-state index is 12.0. The first kappa shape index (κ1) is 21.0. The number of benzene rings is 2. The van der Waals surface area contributed by atoms with E-state index in [1.165, 1.54) is 0 Å². The maximum Gasteiger partial charge on any atom is 0.315 e. The smallest absolute Gasteiger partial charge is 0.315 e. The fraction of sp³-hybridized carbons (Fsp3) is 0.350. The summed E-state index contributed by atoms with van der Waals surface area (Å²) in [6, 6.07) is 10.6. The van der Waals surface area contributed by atoms with Crippen LogP contribution in [-0.2, 0) is 6.54 Å². The SMILES string of the molecule is COc1ccccc1OCCNC(=O)NCc1cc(OC)c(OC)c(OC)c1. The molecule has 0 radical (unpaired) electrons. The van der Waals surface area contributed by atoms with E-state index >= 15 is 0 Å². The molecule has 2 aromatic carbocycles. The predicted molar refractivity (Wildman–Crippen MR) is 105 cm³/mol. The molecule has 0 aromatic heterocycles. The lowest BCUT2D eigenvalue weighted by atomic mass is 10.2. The molecule has 2 aromatic rings. The molecule has 0 aliphatic rings. The molecule has 0 spiro atoms. The van der Waals surface area contributed by atoms with E-state index in [2.05, 4.69) is 10.6 Å². The summed E-state index contributed by atoms with van der Waals surface area (Å²) < 4.78 is 26.7. The molecular formula is C20H26N2O6. The lowest BCUT2D eigenvalue weighted by Gasteiger charge is -2.15. The van der Waals surface area contributed by atoms with Crippen LogP contribution in [0.25, 0.3) is 0 Å². The Hall–Kier alpha value is -3.29. The molecule has 0 aliphatic carbocycles. The highest BCUT2D eigenvalue weighted by atomic mass is 16.5. The van der Waals surface area contributed by atoms with Gasteiger partial charge in [0.15, 0.2) is 23.0 Å². The third kappa shape index (κ3) is 5.60. The van der Waals surface area contributed by atoms with Gasteiger partial charge in [-0.1, -0.05) is 12.1 Å². The summed E-state index contributed by atoms with van der Waals surface area (Å²) in [6.45, 7) is 0.965. The van der Waals surface area contributed by atoms with Gasteiger partial charge in [0.05, 0.1) is 35.0 Å². The van der Waals surface area contributed by atoms with Crippen LogP contribution in [0, 0.1) is 0 Å². The van der Waals surface area contributed by atoms with Crippen molar-refractivity contribution in [1.29, 1.82) is 0 Å². The van der Waals surface area contributed by atoms with Gasteiger partial charge in [0.25, 0.3) is 0 Å². The van der Waals surface area contributed by atoms with E-state index in [9.17, 15) is 4.79 Å². The van der Waals surface area contributed by atoms with Crippen molar-refractivity contribution in [3.8, 4) is 28.7 Å². The average Bonchev–Trinajstić information content (AvgIpc) is 2.74. The Morgan fingerprint density at radius 2 is 1.43 bits per heavy atom. The molecule has 0 aliphatic heterocycles. The quantitative estimate of drug-likeness (QED) is 0.607. The molecule has 0 saturated heterocycles. The number of hydrogen-bond donors (Lipinski definition) is 2. The van der Waals surface area contributed by atoms with Crippen LogP contribution < -0.4 is 34.3 Å². The molecule has 2 rings (SSSR count). The zero-order valence-electron chi connectivity index (χ0n) is 16.5. The van der Waals surface area contributed by atoms with Crippen molar-refractivity contribution < 1.29 is 28.5 Å². The second-order valence-corrected chi connectivity index (χ2v) is 5.64. The Labute approximate surface area is 164 Å². The van der Waals surface area contributed by atoms with Gasteiger partial charge in [-0.25, -0.2) is 4.79 Å². The van der Waals surface area contributed by atoms with Gasteiger partial charge in [-0.2, -0.15) is 0 Å². The van der Waals surface area contributed by atoms with E-state index in [1.807, 2.05) is 24.3 Å². The monoisotopic (exact) mass is 390 g/mol. The minimum absolute atomic E-state index is 0.302. The van der Waals surface area contributed by atoms with Crippen LogP contribution in [0.5, 0.6) is 28.7 Å². The number of rotatable bonds is 10. The fourth-order valence-electron chi connectivity index (χ4n) is 2.55. The van der Waals surface area contributed by atoms with Crippen LogP contribution in [0.1, 0.15) is 5.56 Å². The Balaban J connectivity index is 1.81. The van der Waals surface area contributed by atoms with Crippen LogP contribution in [0.4, 0.5) is 4.79 Å². The molecule has 8 heteroatoms. The maximum absolute atomic E-state index is 12.0. The first-order valence-corrected chi connectivity index (χ1v) is 8.69. The first-order valence-electron chi connectivity index (χ1n) is 8.69. The van der Waals surface area contributed by atoms with Crippen LogP contribution in [0.15, 0.2) is 36.4 Å². The lowest BCUT2D eigenvalue weighted by molar-refractivity contribution is 0.235. The molecule has 2 amide bonds. The standard InChI is InChI=1S/C20H26N2O6/c1-24-15-7-5-6-8-16(15)28-10-9-21-20(23)22-13-14-11-17(25-2)19(27-4)18(12-14)26-3/h5-8,11-12H,9-10,13H2,1-4H3,(H2,21,22,23). The van der Waals surface area contributed by atoms with E-state index in [4.69, 9.17) is 23.7 Å². The van der Waals surface area contributed by atoms with Crippen LogP contribution in [-0.4, -0.2) is 47.6 Å². The second-order valence-electron chi connectivity index (χ2n) is 5.64. The topological polar surface area (TPSA) is 87.3 Å². The summed E-state index contributed by atoms with van der Waals surface area (Å²) >= 11 is 0. The number of carbonyl (C=O) groups is 1. The number of urea groups is 1. The molecule has 152 valence electrons. The largest absolute Gasteiger partial charge is 0.493 e. The summed E-state index contributed by atoms with van der Waals surface area (Å²) in [5, 5.41) is 5.52. The van der Waals surface area contributed by atoms with E-state index in [1.54, 1.807) is 40.6 Å². The zero-order chi connectivity index (χ0) is 20.4. The zero-order valence-corrected chi connectivity index (χ0v) is 16.5. The third-order valence-electron chi connectivity index (χ3n) is 3.89. The van der Waals surface area contributed by atoms with Crippen molar-refractivity contribution in [2.45, 2.75) is 6.54 Å². The lowest BCUT2D eigenvalue weighted by Crippen LogP contribution is -2.37. The van der Waals surface area contributed by atoms with Crippen molar-refractivity contribution >= 4 is 6.03 Å². The van der Waals surface area contributed by atoms with Gasteiger partial charge >= 0.3 is 6.03 Å². The number of amides is 2. The van der Waals surface area contributed by atoms with E-state index in [0.29, 0.717) is 48.4 Å². The molecule has 0 atom stereocenters. The summed E-state index contributed by atoms with van der Waals surface area (Å²) in [4.78, 5) is 12.0. The number of para-hydroxylation sites is 2. The number of methoxy groups -OCH3 is 4. The van der Waals surface area contributed by atoms with Crippen LogP contribution in [0.3, 0.4) is 0 Å². The Kier molecular flexibility index (Phi) is 8.08. The van der Waals surface area contributed by atoms with Gasteiger partial charge in [0.1, 0.15) is 6.61 Å². The molecule has 0 heterocycles. The summed E-state index contributed by atoms with van der Waals surface area (Å²) in [7, 11) is 6.21. The van der Waals surface area contributed by atoms with E-state index in [-0.39, 0.29) is 6.03 Å². The molecule has 0 unspecified atom stereocenters. The molecule has 28 heavy (non-hydrogen) atoms. The Morgan fingerprint density at radius 1 is 0.821 bits per heavy atom. The van der Waals surface area contributed by atoms with Crippen molar-refractivity contribution in [1.82, 2.24) is 10.6 Å². The predicted octanol–water partition coefficient (Wildman–Crippen LogP) is 2.60. The normalized spacial score (nSPS) is 10.0. The fourth-order valence-corrected chi connectivity index (χ4v) is 2.55. The third-order valence-corrected chi connectivity index (χ3v) is 3.89. The molecule has 0 bridgehead atoms. The highest BCUT2D eigenvalue weighted by molar-refractivity contribution is 5.73. The molecule has 0 fully saturated rings. The minimum atomic E-state index is -0.308. The van der Waals surface area contributed by atoms with E-state index < -0.39 is 0 Å². The van der Waals surface area contributed by atoms with Gasteiger partial charge < -0.3 is 34.3 Å². The highest BCUT2D eigenvalue weighted by Gasteiger charge is 2.13. The number of hydrogen-bond acceptors (Lipinski definition) is 6. The molecule has 8 nitrogen and oxygen atoms in total. The van der Waals surface area contributed by atoms with Gasteiger partial charge in [-0.15, -0.1) is 0 Å². The first-order chi connectivity index (χ1) is 13.6. The number of ether oxygens (including phenoxy) is 5. The van der Waals surface area contributed by atoms with Crippen molar-refractivity contribution in [3.05, 3.63) is 42.0 Å². The summed E-state index contributed by atoms with van der Waals surface area (Å²) in [6.07, 6.45) is 0. The Morgan fingerprint density at radius 3 is 2.00 bits per heavy atom. The Bertz CT molecular complexity index is 756. The van der Waals surface area contributed by atoms with Crippen molar-refractivity contribution in [2.75, 3.05) is 41.6 Å². The highest BCUT2D eigenvalue weighted by Crippen LogP contribution is 2.38. The number of carbonyl (C=O) groups excluding carboxylic acids is 1. The van der Waals surface area contributed by atoms with Gasteiger partial charge in [0, 0.05) is 6.54 Å².